The van der Waals surface area contributed by atoms with E-state index in [4.69, 9.17) is 18.9 Å². The van der Waals surface area contributed by atoms with Crippen LogP contribution in [0.25, 0.3) is 0 Å². The van der Waals surface area contributed by atoms with Crippen molar-refractivity contribution in [1.29, 1.82) is 0 Å². The topological polar surface area (TPSA) is 119 Å². The lowest BCUT2D eigenvalue weighted by Gasteiger charge is -2.39. The first-order valence-corrected chi connectivity index (χ1v) is 14.5. The van der Waals surface area contributed by atoms with Gasteiger partial charge in [0.15, 0.2) is 0 Å². The SMILES string of the molecule is C[C@H]1OCC2(CCNCC2)[C@@H]1NC(=O)OC(C)(C)CO[C@H]1C[C@@H](NC(=O)OC(C)(C)C)C2(CCNCC2)C1. The van der Waals surface area contributed by atoms with E-state index in [1.54, 1.807) is 0 Å². The summed E-state index contributed by atoms with van der Waals surface area (Å²) in [6, 6.07) is -0.0788. The molecule has 3 aliphatic heterocycles. The second-order valence-corrected chi connectivity index (χ2v) is 13.6. The Kier molecular flexibility index (Phi) is 8.86. The van der Waals surface area contributed by atoms with Crippen molar-refractivity contribution < 1.29 is 28.5 Å². The first kappa shape index (κ1) is 29.4. The van der Waals surface area contributed by atoms with Crippen molar-refractivity contribution in [3.05, 3.63) is 0 Å². The maximum Gasteiger partial charge on any atom is 0.408 e. The molecule has 0 aromatic heterocycles. The summed E-state index contributed by atoms with van der Waals surface area (Å²) >= 11 is 0. The quantitative estimate of drug-likeness (QED) is 0.407. The fraction of sp³-hybridized carbons (Fsp3) is 0.929. The molecule has 4 aliphatic rings. The van der Waals surface area contributed by atoms with Crippen LogP contribution in [0.4, 0.5) is 9.59 Å². The summed E-state index contributed by atoms with van der Waals surface area (Å²) in [4.78, 5) is 25.6. The second-order valence-electron chi connectivity index (χ2n) is 13.6. The van der Waals surface area contributed by atoms with Gasteiger partial charge in [0.2, 0.25) is 0 Å². The Morgan fingerprint density at radius 1 is 0.895 bits per heavy atom. The number of rotatable bonds is 6. The number of hydrogen-bond donors (Lipinski definition) is 4. The van der Waals surface area contributed by atoms with Gasteiger partial charge in [0, 0.05) is 11.5 Å². The van der Waals surface area contributed by atoms with Crippen LogP contribution in [0.3, 0.4) is 0 Å². The molecule has 2 amide bonds. The molecule has 4 fully saturated rings. The van der Waals surface area contributed by atoms with Gasteiger partial charge in [-0.3, -0.25) is 0 Å². The Balaban J connectivity index is 1.31. The fourth-order valence-corrected chi connectivity index (χ4v) is 6.85. The summed E-state index contributed by atoms with van der Waals surface area (Å²) in [6.07, 6.45) is 4.62. The van der Waals surface area contributed by atoms with Gasteiger partial charge in [-0.2, -0.15) is 0 Å². The standard InChI is InChI=1S/C28H50N4O6/c1-19-22(28(18-35-19)9-13-30-14-10-28)32-24(34)38-26(5,6)17-36-20-15-21(31-23(33)37-25(2,3)4)27(16-20)7-11-29-12-8-27/h19-22,29-30H,7-18H2,1-6H3,(H,31,33)(H,32,34)/t19-,20+,21-,22-/m1/s1. The number of nitrogens with one attached hydrogen (secondary N) is 4. The van der Waals surface area contributed by atoms with Crippen molar-refractivity contribution in [2.75, 3.05) is 39.4 Å². The van der Waals surface area contributed by atoms with Crippen LogP contribution in [0.2, 0.25) is 0 Å². The third-order valence-corrected chi connectivity index (χ3v) is 8.83. The molecule has 10 heteroatoms. The zero-order valence-corrected chi connectivity index (χ0v) is 24.2. The lowest BCUT2D eigenvalue weighted by Crippen LogP contribution is -2.54. The molecule has 4 N–H and O–H groups in total. The van der Waals surface area contributed by atoms with E-state index in [2.05, 4.69) is 21.3 Å². The highest BCUT2D eigenvalue weighted by atomic mass is 16.6. The molecule has 4 rings (SSSR count). The Morgan fingerprint density at radius 3 is 2.08 bits per heavy atom. The summed E-state index contributed by atoms with van der Waals surface area (Å²) in [5.41, 5.74) is -1.39. The molecular formula is C28H50N4O6. The van der Waals surface area contributed by atoms with Gasteiger partial charge in [-0.1, -0.05) is 0 Å². The Morgan fingerprint density at radius 2 is 1.47 bits per heavy atom. The molecule has 2 spiro atoms. The van der Waals surface area contributed by atoms with Gasteiger partial charge < -0.3 is 40.2 Å². The molecule has 10 nitrogen and oxygen atoms in total. The van der Waals surface area contributed by atoms with Gasteiger partial charge in [0.1, 0.15) is 11.2 Å². The molecule has 0 radical (unpaired) electrons. The van der Waals surface area contributed by atoms with Crippen LogP contribution in [0.1, 0.15) is 80.1 Å². The minimum atomic E-state index is -0.800. The summed E-state index contributed by atoms with van der Waals surface area (Å²) in [5.74, 6) is 0. The maximum absolute atomic E-state index is 13.0. The predicted octanol–water partition coefficient (Wildman–Crippen LogP) is 3.09. The Hall–Kier alpha value is -1.62. The zero-order valence-electron chi connectivity index (χ0n) is 24.2. The maximum atomic E-state index is 13.0. The third kappa shape index (κ3) is 7.11. The molecule has 0 unspecified atom stereocenters. The molecule has 4 atom stereocenters. The minimum absolute atomic E-state index is 0.0122. The molecule has 218 valence electrons. The predicted molar refractivity (Wildman–Crippen MR) is 144 cm³/mol. The van der Waals surface area contributed by atoms with Gasteiger partial charge in [-0.15, -0.1) is 0 Å². The highest BCUT2D eigenvalue weighted by Gasteiger charge is 2.51. The monoisotopic (exact) mass is 538 g/mol. The lowest BCUT2D eigenvalue weighted by molar-refractivity contribution is -0.0628. The highest BCUT2D eigenvalue weighted by molar-refractivity contribution is 5.69. The highest BCUT2D eigenvalue weighted by Crippen LogP contribution is 2.47. The average Bonchev–Trinajstić information content (AvgIpc) is 3.29. The summed E-state index contributed by atoms with van der Waals surface area (Å²) in [6.45, 7) is 16.1. The largest absolute Gasteiger partial charge is 0.444 e. The van der Waals surface area contributed by atoms with Crippen LogP contribution in [0.15, 0.2) is 0 Å². The number of carbonyl (C=O) groups is 2. The first-order chi connectivity index (χ1) is 17.8. The van der Waals surface area contributed by atoms with Crippen molar-refractivity contribution in [3.63, 3.8) is 0 Å². The smallest absolute Gasteiger partial charge is 0.408 e. The number of ether oxygens (including phenoxy) is 4. The van der Waals surface area contributed by atoms with Crippen molar-refractivity contribution in [2.45, 2.75) is 116 Å². The number of alkyl carbamates (subject to hydrolysis) is 2. The number of amides is 2. The van der Waals surface area contributed by atoms with Gasteiger partial charge in [0.25, 0.3) is 0 Å². The molecule has 0 aromatic rings. The normalized spacial score (nSPS) is 30.8. The van der Waals surface area contributed by atoms with E-state index in [0.29, 0.717) is 6.61 Å². The Bertz CT molecular complexity index is 826. The molecule has 3 heterocycles. The van der Waals surface area contributed by atoms with Crippen molar-refractivity contribution >= 4 is 12.2 Å². The fourth-order valence-electron chi connectivity index (χ4n) is 6.85. The summed E-state index contributed by atoms with van der Waals surface area (Å²) < 4.78 is 23.7. The molecule has 1 saturated carbocycles. The number of piperidine rings is 2. The van der Waals surface area contributed by atoms with E-state index >= 15 is 0 Å². The third-order valence-electron chi connectivity index (χ3n) is 8.83. The molecule has 3 saturated heterocycles. The van der Waals surface area contributed by atoms with E-state index in [-0.39, 0.29) is 47.8 Å². The van der Waals surface area contributed by atoms with Crippen LogP contribution < -0.4 is 21.3 Å². The van der Waals surface area contributed by atoms with Crippen LogP contribution in [-0.2, 0) is 18.9 Å². The van der Waals surface area contributed by atoms with Crippen molar-refractivity contribution in [1.82, 2.24) is 21.3 Å². The second kappa shape index (κ2) is 11.5. The van der Waals surface area contributed by atoms with Gasteiger partial charge >= 0.3 is 12.2 Å². The van der Waals surface area contributed by atoms with Gasteiger partial charge in [-0.05, 0) is 112 Å². The van der Waals surface area contributed by atoms with E-state index in [1.807, 2.05) is 41.5 Å². The Labute approximate surface area is 228 Å². The van der Waals surface area contributed by atoms with Crippen LogP contribution >= 0.6 is 0 Å². The average molecular weight is 539 g/mol. The molecule has 1 aliphatic carbocycles. The van der Waals surface area contributed by atoms with E-state index < -0.39 is 17.3 Å². The van der Waals surface area contributed by atoms with Gasteiger partial charge in [-0.25, -0.2) is 9.59 Å². The summed E-state index contributed by atoms with van der Waals surface area (Å²) in [7, 11) is 0. The molecule has 0 bridgehead atoms. The molecular weight excluding hydrogens is 488 g/mol. The minimum Gasteiger partial charge on any atom is -0.444 e. The van der Waals surface area contributed by atoms with Crippen LogP contribution in [-0.4, -0.2) is 87.1 Å². The van der Waals surface area contributed by atoms with E-state index in [9.17, 15) is 9.59 Å². The molecule has 38 heavy (non-hydrogen) atoms. The lowest BCUT2D eigenvalue weighted by atomic mass is 9.73. The first-order valence-electron chi connectivity index (χ1n) is 14.5. The van der Waals surface area contributed by atoms with E-state index in [0.717, 1.165) is 64.7 Å². The summed E-state index contributed by atoms with van der Waals surface area (Å²) in [5, 5.41) is 13.1. The van der Waals surface area contributed by atoms with Gasteiger partial charge in [0.05, 0.1) is 31.5 Å². The zero-order chi connectivity index (χ0) is 27.6. The van der Waals surface area contributed by atoms with Crippen LogP contribution in [0, 0.1) is 10.8 Å². The van der Waals surface area contributed by atoms with Crippen molar-refractivity contribution in [2.24, 2.45) is 10.8 Å². The van der Waals surface area contributed by atoms with Crippen molar-refractivity contribution in [3.8, 4) is 0 Å². The number of hydrogen-bond acceptors (Lipinski definition) is 8. The van der Waals surface area contributed by atoms with Crippen LogP contribution in [0.5, 0.6) is 0 Å². The number of carbonyl (C=O) groups excluding carboxylic acids is 2. The van der Waals surface area contributed by atoms with E-state index in [1.165, 1.54) is 0 Å². The molecule has 0 aromatic carbocycles.